The van der Waals surface area contributed by atoms with Gasteiger partial charge in [0.2, 0.25) is 0 Å². The highest BCUT2D eigenvalue weighted by molar-refractivity contribution is 14.1. The second kappa shape index (κ2) is 4.53. The van der Waals surface area contributed by atoms with Crippen LogP contribution < -0.4 is 0 Å². The zero-order chi connectivity index (χ0) is 11.5. The molecule has 0 amide bonds. The van der Waals surface area contributed by atoms with Gasteiger partial charge in [-0.2, -0.15) is 5.26 Å². The summed E-state index contributed by atoms with van der Waals surface area (Å²) in [5.74, 6) is -0.674. The number of nitriles is 1. The number of halogens is 2. The van der Waals surface area contributed by atoms with Crippen LogP contribution in [-0.2, 0) is 0 Å². The molecule has 2 aromatic rings. The molecule has 0 bridgehead atoms. The zero-order valence-corrected chi connectivity index (χ0v) is 10.1. The highest BCUT2D eigenvalue weighted by atomic mass is 127. The molecule has 0 saturated heterocycles. The Morgan fingerprint density at radius 2 is 2.12 bits per heavy atom. The van der Waals surface area contributed by atoms with Crippen LogP contribution in [0.2, 0.25) is 0 Å². The maximum Gasteiger partial charge on any atom is 0.185 e. The van der Waals surface area contributed by atoms with Gasteiger partial charge in [0, 0.05) is 9.13 Å². The molecule has 0 unspecified atom stereocenters. The van der Waals surface area contributed by atoms with Gasteiger partial charge in [-0.3, -0.25) is 0 Å². The van der Waals surface area contributed by atoms with Crippen LogP contribution in [0, 0.1) is 20.7 Å². The second-order valence-electron chi connectivity index (χ2n) is 3.01. The number of hydrogen-bond donors (Lipinski definition) is 0. The fourth-order valence-corrected chi connectivity index (χ4v) is 1.83. The topological polar surface area (TPSA) is 49.6 Å². The van der Waals surface area contributed by atoms with Gasteiger partial charge in [0.1, 0.15) is 18.1 Å². The Kier molecular flexibility index (Phi) is 3.10. The van der Waals surface area contributed by atoms with Crippen LogP contribution >= 0.6 is 22.6 Å². The summed E-state index contributed by atoms with van der Waals surface area (Å²) in [6.45, 7) is 0. The average Bonchev–Trinajstić information content (AvgIpc) is 2.29. The molecule has 1 aromatic heterocycles. The Balaban J connectivity index is 2.62. The number of nitrogens with zero attached hydrogens (tertiary/aromatic N) is 3. The molecule has 5 heteroatoms. The third-order valence-electron chi connectivity index (χ3n) is 1.99. The second-order valence-corrected chi connectivity index (χ2v) is 4.25. The van der Waals surface area contributed by atoms with Gasteiger partial charge in [-0.25, -0.2) is 14.4 Å². The van der Waals surface area contributed by atoms with Crippen LogP contribution in [0.5, 0.6) is 0 Å². The lowest BCUT2D eigenvalue weighted by molar-refractivity contribution is 0.613. The predicted octanol–water partition coefficient (Wildman–Crippen LogP) is 2.76. The van der Waals surface area contributed by atoms with Crippen LogP contribution in [0.15, 0.2) is 30.6 Å². The van der Waals surface area contributed by atoms with Crippen molar-refractivity contribution >= 4 is 22.6 Å². The fourth-order valence-electron chi connectivity index (χ4n) is 1.28. The number of hydrogen-bond acceptors (Lipinski definition) is 3. The van der Waals surface area contributed by atoms with Gasteiger partial charge in [0.25, 0.3) is 0 Å². The van der Waals surface area contributed by atoms with E-state index in [9.17, 15) is 4.39 Å². The van der Waals surface area contributed by atoms with Gasteiger partial charge in [-0.15, -0.1) is 0 Å². The largest absolute Gasteiger partial charge is 0.233 e. The molecule has 78 valence electrons. The van der Waals surface area contributed by atoms with E-state index in [0.29, 0.717) is 5.56 Å². The summed E-state index contributed by atoms with van der Waals surface area (Å²) in [6.07, 6.45) is 1.19. The fraction of sp³-hybridized carbons (Fsp3) is 0. The van der Waals surface area contributed by atoms with Gasteiger partial charge in [-0.1, -0.05) is 12.1 Å². The maximum absolute atomic E-state index is 13.7. The average molecular weight is 325 g/mol. The summed E-state index contributed by atoms with van der Waals surface area (Å²) in [5, 5.41) is 8.66. The first-order chi connectivity index (χ1) is 7.72. The first-order valence-electron chi connectivity index (χ1n) is 4.39. The van der Waals surface area contributed by atoms with E-state index in [4.69, 9.17) is 5.26 Å². The third kappa shape index (κ3) is 2.02. The van der Waals surface area contributed by atoms with E-state index in [1.165, 1.54) is 6.33 Å². The van der Waals surface area contributed by atoms with Gasteiger partial charge < -0.3 is 0 Å². The lowest BCUT2D eigenvalue weighted by Crippen LogP contribution is -1.96. The van der Waals surface area contributed by atoms with Crippen molar-refractivity contribution in [3.8, 4) is 17.3 Å². The number of rotatable bonds is 1. The first kappa shape index (κ1) is 11.0. The minimum Gasteiger partial charge on any atom is -0.233 e. The third-order valence-corrected chi connectivity index (χ3v) is 2.66. The molecule has 0 fully saturated rings. The van der Waals surface area contributed by atoms with Crippen LogP contribution in [0.1, 0.15) is 5.69 Å². The molecule has 0 radical (unpaired) electrons. The van der Waals surface area contributed by atoms with Crippen molar-refractivity contribution in [2.75, 3.05) is 0 Å². The molecular formula is C11H5FIN3. The van der Waals surface area contributed by atoms with E-state index in [0.717, 1.165) is 3.57 Å². The number of benzene rings is 1. The molecule has 3 nitrogen and oxygen atoms in total. The van der Waals surface area contributed by atoms with Crippen LogP contribution in [-0.4, -0.2) is 9.97 Å². The highest BCUT2D eigenvalue weighted by Crippen LogP contribution is 2.22. The van der Waals surface area contributed by atoms with E-state index in [-0.39, 0.29) is 11.4 Å². The zero-order valence-electron chi connectivity index (χ0n) is 7.98. The van der Waals surface area contributed by atoms with Crippen LogP contribution in [0.25, 0.3) is 11.3 Å². The van der Waals surface area contributed by atoms with Crippen molar-refractivity contribution in [3.63, 3.8) is 0 Å². The summed E-state index contributed by atoms with van der Waals surface area (Å²) >= 11 is 2.13. The number of aromatic nitrogens is 2. The van der Waals surface area contributed by atoms with Gasteiger partial charge >= 0.3 is 0 Å². The minimum absolute atomic E-state index is 0.157. The summed E-state index contributed by atoms with van der Waals surface area (Å²) in [4.78, 5) is 7.41. The molecule has 0 spiro atoms. The molecule has 1 aromatic carbocycles. The molecule has 0 aliphatic rings. The van der Waals surface area contributed by atoms with Crippen molar-refractivity contribution in [2.24, 2.45) is 0 Å². The summed E-state index contributed by atoms with van der Waals surface area (Å²) in [7, 11) is 0. The van der Waals surface area contributed by atoms with Crippen molar-refractivity contribution < 1.29 is 4.39 Å². The minimum atomic E-state index is -0.674. The van der Waals surface area contributed by atoms with Crippen LogP contribution in [0.3, 0.4) is 0 Å². The van der Waals surface area contributed by atoms with E-state index in [1.54, 1.807) is 18.2 Å². The van der Waals surface area contributed by atoms with Crippen molar-refractivity contribution in [2.45, 2.75) is 0 Å². The maximum atomic E-state index is 13.7. The molecule has 0 aliphatic carbocycles. The molecule has 16 heavy (non-hydrogen) atoms. The van der Waals surface area contributed by atoms with Gasteiger partial charge in [-0.05, 0) is 34.7 Å². The Bertz CT molecular complexity index is 578. The lowest BCUT2D eigenvalue weighted by Gasteiger charge is -2.02. The molecule has 0 atom stereocenters. The van der Waals surface area contributed by atoms with Crippen molar-refractivity contribution in [1.29, 1.82) is 5.26 Å². The normalized spacial score (nSPS) is 9.81. The molecule has 2 rings (SSSR count). The van der Waals surface area contributed by atoms with E-state index in [1.807, 2.05) is 12.1 Å². The van der Waals surface area contributed by atoms with Gasteiger partial charge in [0.05, 0.1) is 0 Å². The van der Waals surface area contributed by atoms with E-state index >= 15 is 0 Å². The molecule has 0 N–H and O–H groups in total. The summed E-state index contributed by atoms with van der Waals surface area (Å²) in [5.41, 5.74) is 0.567. The first-order valence-corrected chi connectivity index (χ1v) is 5.47. The van der Waals surface area contributed by atoms with Crippen LogP contribution in [0.4, 0.5) is 4.39 Å². The molecule has 0 saturated carbocycles. The monoisotopic (exact) mass is 325 g/mol. The molecular weight excluding hydrogens is 320 g/mol. The summed E-state index contributed by atoms with van der Waals surface area (Å²) < 4.78 is 14.7. The van der Waals surface area contributed by atoms with E-state index < -0.39 is 5.82 Å². The lowest BCUT2D eigenvalue weighted by atomic mass is 10.1. The van der Waals surface area contributed by atoms with E-state index in [2.05, 4.69) is 32.6 Å². The Labute approximate surface area is 105 Å². The molecule has 1 heterocycles. The smallest absolute Gasteiger partial charge is 0.185 e. The quantitative estimate of drug-likeness (QED) is 0.758. The molecule has 0 aliphatic heterocycles. The predicted molar refractivity (Wildman–Crippen MR) is 64.9 cm³/mol. The van der Waals surface area contributed by atoms with Gasteiger partial charge in [0.15, 0.2) is 11.5 Å². The standard InChI is InChI=1S/C11H5FIN3/c12-10-9(5-14)15-6-16-11(10)7-2-1-3-8(13)4-7/h1-4,6H. The SMILES string of the molecule is N#Cc1ncnc(-c2cccc(I)c2)c1F. The highest BCUT2D eigenvalue weighted by Gasteiger charge is 2.12. The van der Waals surface area contributed by atoms with Crippen molar-refractivity contribution in [1.82, 2.24) is 9.97 Å². The van der Waals surface area contributed by atoms with Crippen molar-refractivity contribution in [3.05, 3.63) is 45.7 Å². The Hall–Kier alpha value is -1.55. The summed E-state index contributed by atoms with van der Waals surface area (Å²) in [6, 6.07) is 8.94. The Morgan fingerprint density at radius 1 is 1.31 bits per heavy atom. The Morgan fingerprint density at radius 3 is 2.81 bits per heavy atom.